The number of nitrogens with one attached hydrogen (secondary N) is 1. The van der Waals surface area contributed by atoms with Gasteiger partial charge in [0.05, 0.1) is 0 Å². The van der Waals surface area contributed by atoms with Crippen molar-refractivity contribution in [2.75, 3.05) is 5.32 Å². The van der Waals surface area contributed by atoms with E-state index in [-0.39, 0.29) is 5.82 Å². The molecule has 0 fully saturated rings. The summed E-state index contributed by atoms with van der Waals surface area (Å²) in [6.45, 7) is 0.675. The first-order chi connectivity index (χ1) is 7.75. The lowest BCUT2D eigenvalue weighted by Gasteiger charge is -2.07. The van der Waals surface area contributed by atoms with E-state index in [9.17, 15) is 4.39 Å². The molecule has 1 heterocycles. The highest BCUT2D eigenvalue weighted by Gasteiger charge is 1.99. The van der Waals surface area contributed by atoms with E-state index in [1.807, 2.05) is 6.07 Å². The van der Waals surface area contributed by atoms with E-state index in [1.165, 1.54) is 12.1 Å². The number of nitrogens with zero attached hydrogens (tertiary/aromatic N) is 1. The van der Waals surface area contributed by atoms with E-state index in [4.69, 9.17) is 0 Å². The van der Waals surface area contributed by atoms with Crippen LogP contribution in [-0.2, 0) is 6.54 Å². The van der Waals surface area contributed by atoms with Crippen LogP contribution in [-0.4, -0.2) is 4.98 Å². The van der Waals surface area contributed by atoms with Crippen LogP contribution < -0.4 is 5.32 Å². The van der Waals surface area contributed by atoms with E-state index >= 15 is 0 Å². The minimum Gasteiger partial charge on any atom is -0.381 e. The molecular weight excluding hydrogens is 271 g/mol. The van der Waals surface area contributed by atoms with Crippen molar-refractivity contribution in [3.05, 3.63) is 58.6 Å². The van der Waals surface area contributed by atoms with Gasteiger partial charge in [0.1, 0.15) is 5.82 Å². The van der Waals surface area contributed by atoms with E-state index in [2.05, 4.69) is 26.2 Å². The maximum absolute atomic E-state index is 12.7. The zero-order valence-electron chi connectivity index (χ0n) is 8.45. The van der Waals surface area contributed by atoms with E-state index in [0.717, 1.165) is 15.7 Å². The third kappa shape index (κ3) is 2.79. The number of hydrogen-bond acceptors (Lipinski definition) is 2. The SMILES string of the molecule is Fc1ccc(NCc2ccncc2Br)cc1. The summed E-state index contributed by atoms with van der Waals surface area (Å²) in [6.07, 6.45) is 3.49. The Labute approximate surface area is 102 Å². The molecule has 0 saturated carbocycles. The number of rotatable bonds is 3. The van der Waals surface area contributed by atoms with Crippen LogP contribution in [0.15, 0.2) is 47.2 Å². The molecule has 0 aliphatic heterocycles. The normalized spacial score (nSPS) is 10.1. The second kappa shape index (κ2) is 5.07. The number of hydrogen-bond donors (Lipinski definition) is 1. The zero-order chi connectivity index (χ0) is 11.4. The van der Waals surface area contributed by atoms with Crippen LogP contribution in [0.5, 0.6) is 0 Å². The molecule has 4 heteroatoms. The quantitative estimate of drug-likeness (QED) is 0.929. The first kappa shape index (κ1) is 11.1. The Morgan fingerprint density at radius 3 is 2.62 bits per heavy atom. The van der Waals surface area contributed by atoms with Gasteiger partial charge in [0.2, 0.25) is 0 Å². The monoisotopic (exact) mass is 280 g/mol. The molecule has 1 N–H and O–H groups in total. The predicted molar refractivity (Wildman–Crippen MR) is 65.7 cm³/mol. The summed E-state index contributed by atoms with van der Waals surface area (Å²) in [5.74, 6) is -0.226. The Balaban J connectivity index is 2.02. The van der Waals surface area contributed by atoms with E-state index in [0.29, 0.717) is 6.54 Å². The summed E-state index contributed by atoms with van der Waals surface area (Å²) in [5, 5.41) is 3.20. The summed E-state index contributed by atoms with van der Waals surface area (Å²) in [6, 6.07) is 8.23. The second-order valence-corrected chi connectivity index (χ2v) is 4.18. The van der Waals surface area contributed by atoms with Crippen molar-refractivity contribution in [3.63, 3.8) is 0 Å². The lowest BCUT2D eigenvalue weighted by molar-refractivity contribution is 0.628. The molecule has 16 heavy (non-hydrogen) atoms. The highest BCUT2D eigenvalue weighted by Crippen LogP contribution is 2.16. The van der Waals surface area contributed by atoms with Gasteiger partial charge in [0.25, 0.3) is 0 Å². The maximum Gasteiger partial charge on any atom is 0.123 e. The molecule has 0 amide bonds. The Morgan fingerprint density at radius 1 is 1.19 bits per heavy atom. The van der Waals surface area contributed by atoms with Crippen LogP contribution in [0.4, 0.5) is 10.1 Å². The second-order valence-electron chi connectivity index (χ2n) is 3.33. The van der Waals surface area contributed by atoms with Crippen LogP contribution in [0.3, 0.4) is 0 Å². The van der Waals surface area contributed by atoms with E-state index < -0.39 is 0 Å². The van der Waals surface area contributed by atoms with Crippen LogP contribution in [0.1, 0.15) is 5.56 Å². The van der Waals surface area contributed by atoms with Gasteiger partial charge in [-0.1, -0.05) is 0 Å². The number of pyridine rings is 1. The maximum atomic E-state index is 12.7. The summed E-state index contributed by atoms with van der Waals surface area (Å²) in [4.78, 5) is 3.99. The average Bonchev–Trinajstić information content (AvgIpc) is 2.30. The van der Waals surface area contributed by atoms with Gasteiger partial charge in [0, 0.05) is 29.1 Å². The minimum atomic E-state index is -0.226. The van der Waals surface area contributed by atoms with Crippen molar-refractivity contribution in [1.82, 2.24) is 4.98 Å². The highest BCUT2D eigenvalue weighted by atomic mass is 79.9. The van der Waals surface area contributed by atoms with Gasteiger partial charge in [-0.15, -0.1) is 0 Å². The van der Waals surface area contributed by atoms with Gasteiger partial charge >= 0.3 is 0 Å². The Morgan fingerprint density at radius 2 is 1.94 bits per heavy atom. The molecular formula is C12H10BrFN2. The zero-order valence-corrected chi connectivity index (χ0v) is 10.0. The first-order valence-electron chi connectivity index (χ1n) is 4.83. The smallest absolute Gasteiger partial charge is 0.123 e. The molecule has 0 aliphatic carbocycles. The Kier molecular flexibility index (Phi) is 3.51. The van der Waals surface area contributed by atoms with Crippen LogP contribution in [0.2, 0.25) is 0 Å². The average molecular weight is 281 g/mol. The summed E-state index contributed by atoms with van der Waals surface area (Å²) in [5.41, 5.74) is 2.00. The molecule has 0 saturated heterocycles. The highest BCUT2D eigenvalue weighted by molar-refractivity contribution is 9.10. The van der Waals surface area contributed by atoms with Crippen LogP contribution in [0.25, 0.3) is 0 Å². The molecule has 1 aromatic carbocycles. The standard InChI is InChI=1S/C12H10BrFN2/c13-12-8-15-6-5-9(12)7-16-11-3-1-10(14)2-4-11/h1-6,8,16H,7H2. The Hall–Kier alpha value is -1.42. The summed E-state index contributed by atoms with van der Waals surface area (Å²) >= 11 is 3.42. The fourth-order valence-corrected chi connectivity index (χ4v) is 1.70. The van der Waals surface area contributed by atoms with Crippen molar-refractivity contribution < 1.29 is 4.39 Å². The van der Waals surface area contributed by atoms with Crippen molar-refractivity contribution >= 4 is 21.6 Å². The molecule has 0 spiro atoms. The van der Waals surface area contributed by atoms with Crippen molar-refractivity contribution in [3.8, 4) is 0 Å². The molecule has 2 rings (SSSR count). The van der Waals surface area contributed by atoms with Crippen LogP contribution in [0, 0.1) is 5.82 Å². The van der Waals surface area contributed by atoms with Crippen LogP contribution >= 0.6 is 15.9 Å². The largest absolute Gasteiger partial charge is 0.381 e. The van der Waals surface area contributed by atoms with Crippen molar-refractivity contribution in [2.24, 2.45) is 0 Å². The van der Waals surface area contributed by atoms with Crippen molar-refractivity contribution in [1.29, 1.82) is 0 Å². The molecule has 0 bridgehead atoms. The number of benzene rings is 1. The third-order valence-electron chi connectivity index (χ3n) is 2.18. The molecule has 2 aromatic rings. The van der Waals surface area contributed by atoms with Gasteiger partial charge in [-0.3, -0.25) is 4.98 Å². The fourth-order valence-electron chi connectivity index (χ4n) is 1.31. The number of aromatic nitrogens is 1. The van der Waals surface area contributed by atoms with Gasteiger partial charge in [0.15, 0.2) is 0 Å². The lowest BCUT2D eigenvalue weighted by Crippen LogP contribution is -2.00. The number of halogens is 2. The predicted octanol–water partition coefficient (Wildman–Crippen LogP) is 3.60. The van der Waals surface area contributed by atoms with Gasteiger partial charge in [-0.25, -0.2) is 4.39 Å². The third-order valence-corrected chi connectivity index (χ3v) is 2.90. The fraction of sp³-hybridized carbons (Fsp3) is 0.0833. The van der Waals surface area contributed by atoms with Gasteiger partial charge < -0.3 is 5.32 Å². The molecule has 1 aromatic heterocycles. The first-order valence-corrected chi connectivity index (χ1v) is 5.63. The van der Waals surface area contributed by atoms with Crippen molar-refractivity contribution in [2.45, 2.75) is 6.54 Å². The van der Waals surface area contributed by atoms with E-state index in [1.54, 1.807) is 24.5 Å². The Bertz CT molecular complexity index is 471. The molecule has 82 valence electrons. The number of anilines is 1. The topological polar surface area (TPSA) is 24.9 Å². The molecule has 0 radical (unpaired) electrons. The molecule has 2 nitrogen and oxygen atoms in total. The molecule has 0 unspecified atom stereocenters. The summed E-state index contributed by atoms with van der Waals surface area (Å²) < 4.78 is 13.6. The van der Waals surface area contributed by atoms with Gasteiger partial charge in [-0.05, 0) is 51.8 Å². The van der Waals surface area contributed by atoms with Gasteiger partial charge in [-0.2, -0.15) is 0 Å². The lowest BCUT2D eigenvalue weighted by atomic mass is 10.2. The molecule has 0 atom stereocenters. The summed E-state index contributed by atoms with van der Waals surface area (Å²) in [7, 11) is 0. The molecule has 0 aliphatic rings. The minimum absolute atomic E-state index is 0.226.